The summed E-state index contributed by atoms with van der Waals surface area (Å²) in [6.07, 6.45) is 3.06. The molecular weight excluding hydrogens is 267 g/mol. The van der Waals surface area contributed by atoms with Gasteiger partial charge in [-0.1, -0.05) is 0 Å². The lowest BCUT2D eigenvalue weighted by molar-refractivity contribution is -0.113. The monoisotopic (exact) mass is 278 g/mol. The van der Waals surface area contributed by atoms with Crippen molar-refractivity contribution in [3.8, 4) is 0 Å². The predicted octanol–water partition coefficient (Wildman–Crippen LogP) is 1.93. The maximum Gasteiger partial charge on any atom is 0.237 e. The van der Waals surface area contributed by atoms with Gasteiger partial charge in [0.1, 0.15) is 5.82 Å². The van der Waals surface area contributed by atoms with Crippen LogP contribution in [0.15, 0.2) is 41.6 Å². The predicted molar refractivity (Wildman–Crippen MR) is 72.2 cm³/mol. The van der Waals surface area contributed by atoms with Gasteiger partial charge in [0.05, 0.1) is 5.75 Å². The smallest absolute Gasteiger partial charge is 0.237 e. The van der Waals surface area contributed by atoms with Gasteiger partial charge in [0.25, 0.3) is 0 Å². The van der Waals surface area contributed by atoms with Crippen molar-refractivity contribution in [3.63, 3.8) is 0 Å². The van der Waals surface area contributed by atoms with E-state index < -0.39 is 0 Å². The minimum atomic E-state index is -0.386. The molecule has 0 aliphatic carbocycles. The van der Waals surface area contributed by atoms with Crippen molar-refractivity contribution in [1.82, 2.24) is 9.97 Å². The lowest BCUT2D eigenvalue weighted by Gasteiger charge is -2.05. The molecule has 98 valence electrons. The van der Waals surface area contributed by atoms with E-state index in [2.05, 4.69) is 15.3 Å². The van der Waals surface area contributed by atoms with Crippen LogP contribution in [0, 0.1) is 5.82 Å². The number of nitrogens with zero attached hydrogens (tertiary/aromatic N) is 2. The van der Waals surface area contributed by atoms with E-state index in [0.717, 1.165) is 11.8 Å². The fourth-order valence-corrected chi connectivity index (χ4v) is 2.09. The van der Waals surface area contributed by atoms with E-state index in [1.54, 1.807) is 6.07 Å². The van der Waals surface area contributed by atoms with Crippen LogP contribution in [-0.4, -0.2) is 21.6 Å². The second-order valence-electron chi connectivity index (χ2n) is 3.59. The molecule has 3 N–H and O–H groups in total. The Kier molecular flexibility index (Phi) is 4.30. The first kappa shape index (κ1) is 13.3. The number of nitrogen functional groups attached to an aromatic ring is 1. The zero-order valence-corrected chi connectivity index (χ0v) is 10.7. The van der Waals surface area contributed by atoms with E-state index >= 15 is 0 Å². The van der Waals surface area contributed by atoms with Crippen molar-refractivity contribution < 1.29 is 9.18 Å². The molecule has 0 aliphatic rings. The first-order valence-corrected chi connectivity index (χ1v) is 6.38. The molecule has 2 rings (SSSR count). The van der Waals surface area contributed by atoms with Crippen LogP contribution in [0.25, 0.3) is 0 Å². The van der Waals surface area contributed by atoms with Crippen LogP contribution in [0.1, 0.15) is 0 Å². The minimum Gasteiger partial charge on any atom is -0.398 e. The van der Waals surface area contributed by atoms with E-state index in [0.29, 0.717) is 10.6 Å². The Balaban J connectivity index is 1.92. The van der Waals surface area contributed by atoms with Gasteiger partial charge in [-0.2, -0.15) is 0 Å². The number of carbonyl (C=O) groups excluding carboxylic acids is 1. The molecule has 1 heterocycles. The number of nitrogens with two attached hydrogens (primary N) is 1. The zero-order chi connectivity index (χ0) is 13.7. The van der Waals surface area contributed by atoms with Crippen LogP contribution >= 0.6 is 11.8 Å². The fourth-order valence-electron chi connectivity index (χ4n) is 1.30. The van der Waals surface area contributed by atoms with Gasteiger partial charge in [0, 0.05) is 23.0 Å². The molecule has 0 fully saturated rings. The second kappa shape index (κ2) is 6.14. The molecule has 0 saturated carbocycles. The second-order valence-corrected chi connectivity index (χ2v) is 4.61. The number of rotatable bonds is 4. The SMILES string of the molecule is Nc1ccc(F)cc1SCC(=O)Nc1ncccn1. The van der Waals surface area contributed by atoms with Crippen molar-refractivity contribution in [2.75, 3.05) is 16.8 Å². The molecule has 1 aromatic heterocycles. The molecule has 0 atom stereocenters. The van der Waals surface area contributed by atoms with Crippen LogP contribution in [0.4, 0.5) is 16.0 Å². The van der Waals surface area contributed by atoms with Gasteiger partial charge in [0.15, 0.2) is 0 Å². The molecule has 1 amide bonds. The van der Waals surface area contributed by atoms with Gasteiger partial charge in [-0.05, 0) is 24.3 Å². The number of amides is 1. The number of hydrogen-bond donors (Lipinski definition) is 2. The summed E-state index contributed by atoms with van der Waals surface area (Å²) in [5.41, 5.74) is 6.12. The summed E-state index contributed by atoms with van der Waals surface area (Å²) in [5.74, 6) is -0.324. The van der Waals surface area contributed by atoms with Gasteiger partial charge < -0.3 is 5.73 Å². The summed E-state index contributed by atoms with van der Waals surface area (Å²) in [5, 5.41) is 2.53. The number of halogens is 1. The summed E-state index contributed by atoms with van der Waals surface area (Å²) in [6, 6.07) is 5.69. The Morgan fingerprint density at radius 3 is 2.84 bits per heavy atom. The van der Waals surface area contributed by atoms with Crippen LogP contribution in [-0.2, 0) is 4.79 Å². The molecule has 0 aliphatic heterocycles. The molecule has 0 spiro atoms. The summed E-state index contributed by atoms with van der Waals surface area (Å²) in [7, 11) is 0. The van der Waals surface area contributed by atoms with Crippen molar-refractivity contribution in [2.24, 2.45) is 0 Å². The third-order valence-corrected chi connectivity index (χ3v) is 3.22. The molecule has 0 unspecified atom stereocenters. The lowest BCUT2D eigenvalue weighted by atomic mass is 10.3. The molecule has 19 heavy (non-hydrogen) atoms. The molecule has 0 bridgehead atoms. The van der Waals surface area contributed by atoms with Crippen LogP contribution in [0.5, 0.6) is 0 Å². The van der Waals surface area contributed by atoms with Crippen LogP contribution < -0.4 is 11.1 Å². The average molecular weight is 278 g/mol. The lowest BCUT2D eigenvalue weighted by Crippen LogP contribution is -2.16. The van der Waals surface area contributed by atoms with Crippen LogP contribution in [0.2, 0.25) is 0 Å². The minimum absolute atomic E-state index is 0.103. The highest BCUT2D eigenvalue weighted by atomic mass is 32.2. The molecule has 2 aromatic rings. The number of hydrogen-bond acceptors (Lipinski definition) is 5. The van der Waals surface area contributed by atoms with Crippen molar-refractivity contribution in [2.45, 2.75) is 4.90 Å². The molecular formula is C12H11FN4OS. The number of benzene rings is 1. The molecule has 0 radical (unpaired) electrons. The Morgan fingerprint density at radius 1 is 1.37 bits per heavy atom. The van der Waals surface area contributed by atoms with Gasteiger partial charge in [-0.25, -0.2) is 14.4 Å². The summed E-state index contributed by atoms with van der Waals surface area (Å²) in [4.78, 5) is 19.9. The van der Waals surface area contributed by atoms with Gasteiger partial charge in [-0.15, -0.1) is 11.8 Å². The van der Waals surface area contributed by atoms with Crippen LogP contribution in [0.3, 0.4) is 0 Å². The maximum absolute atomic E-state index is 13.0. The van der Waals surface area contributed by atoms with Gasteiger partial charge >= 0.3 is 0 Å². The van der Waals surface area contributed by atoms with E-state index in [9.17, 15) is 9.18 Å². The summed E-state index contributed by atoms with van der Waals surface area (Å²) in [6.45, 7) is 0. The number of aromatic nitrogens is 2. The fraction of sp³-hybridized carbons (Fsp3) is 0.0833. The highest BCUT2D eigenvalue weighted by molar-refractivity contribution is 8.00. The highest BCUT2D eigenvalue weighted by Gasteiger charge is 2.07. The topological polar surface area (TPSA) is 80.9 Å². The maximum atomic E-state index is 13.0. The van der Waals surface area contributed by atoms with Crippen molar-refractivity contribution in [3.05, 3.63) is 42.5 Å². The molecule has 7 heteroatoms. The number of nitrogens with one attached hydrogen (secondary N) is 1. The van der Waals surface area contributed by atoms with E-state index in [1.807, 2.05) is 0 Å². The highest BCUT2D eigenvalue weighted by Crippen LogP contribution is 2.25. The van der Waals surface area contributed by atoms with E-state index in [1.165, 1.54) is 30.6 Å². The normalized spacial score (nSPS) is 10.2. The first-order valence-electron chi connectivity index (χ1n) is 5.40. The Labute approximate surface area is 113 Å². The standard InChI is InChI=1S/C12H11FN4OS/c13-8-2-3-9(14)10(6-8)19-7-11(18)17-12-15-4-1-5-16-12/h1-6H,7,14H2,(H,15,16,17,18). The molecule has 0 saturated heterocycles. The summed E-state index contributed by atoms with van der Waals surface area (Å²) >= 11 is 1.16. The van der Waals surface area contributed by atoms with E-state index in [4.69, 9.17) is 5.73 Å². The Bertz CT molecular complexity index is 579. The van der Waals surface area contributed by atoms with E-state index in [-0.39, 0.29) is 23.4 Å². The third kappa shape index (κ3) is 3.92. The van der Waals surface area contributed by atoms with Gasteiger partial charge in [-0.3, -0.25) is 10.1 Å². The zero-order valence-electron chi connectivity index (χ0n) is 9.84. The number of thioether (sulfide) groups is 1. The summed E-state index contributed by atoms with van der Waals surface area (Å²) < 4.78 is 13.0. The average Bonchev–Trinajstić information content (AvgIpc) is 2.41. The quantitative estimate of drug-likeness (QED) is 0.659. The molecule has 5 nitrogen and oxygen atoms in total. The molecule has 1 aromatic carbocycles. The number of anilines is 2. The first-order chi connectivity index (χ1) is 9.15. The third-order valence-electron chi connectivity index (χ3n) is 2.15. The van der Waals surface area contributed by atoms with Crippen molar-refractivity contribution >= 4 is 29.3 Å². The largest absolute Gasteiger partial charge is 0.398 e. The number of carbonyl (C=O) groups is 1. The Hall–Kier alpha value is -2.15. The Morgan fingerprint density at radius 2 is 2.11 bits per heavy atom. The van der Waals surface area contributed by atoms with Crippen molar-refractivity contribution in [1.29, 1.82) is 0 Å². The van der Waals surface area contributed by atoms with Gasteiger partial charge in [0.2, 0.25) is 11.9 Å².